The van der Waals surface area contributed by atoms with E-state index in [1.165, 1.54) is 5.57 Å². The summed E-state index contributed by atoms with van der Waals surface area (Å²) >= 11 is 6.19. The molecule has 1 saturated carbocycles. The summed E-state index contributed by atoms with van der Waals surface area (Å²) in [5.74, 6) is 1.59. The Labute approximate surface area is 188 Å². The minimum absolute atomic E-state index is 0.144. The molecular weight excluding hydrogens is 412 g/mol. The minimum Gasteiger partial charge on any atom is -0.497 e. The van der Waals surface area contributed by atoms with Crippen LogP contribution in [-0.2, 0) is 4.79 Å². The average molecular weight is 439 g/mol. The van der Waals surface area contributed by atoms with E-state index < -0.39 is 5.38 Å². The van der Waals surface area contributed by atoms with Crippen molar-refractivity contribution in [1.82, 2.24) is 5.01 Å². The van der Waals surface area contributed by atoms with Gasteiger partial charge < -0.3 is 9.47 Å². The van der Waals surface area contributed by atoms with Crippen LogP contribution in [0.2, 0.25) is 0 Å². The lowest BCUT2D eigenvalue weighted by atomic mass is 9.77. The fraction of sp³-hybridized carbons (Fsp3) is 0.360. The molecule has 3 atom stereocenters. The molecule has 31 heavy (non-hydrogen) atoms. The summed E-state index contributed by atoms with van der Waals surface area (Å²) in [6, 6.07) is 15.7. The number of allylic oxidation sites excluding steroid dienone is 1. The van der Waals surface area contributed by atoms with Crippen molar-refractivity contribution in [1.29, 1.82) is 0 Å². The van der Waals surface area contributed by atoms with Crippen LogP contribution in [0.1, 0.15) is 43.4 Å². The molecule has 2 aromatic carbocycles. The lowest BCUT2D eigenvalue weighted by molar-refractivity contribution is -0.132. The van der Waals surface area contributed by atoms with Crippen LogP contribution in [0.5, 0.6) is 11.5 Å². The molecule has 0 saturated heterocycles. The van der Waals surface area contributed by atoms with Crippen molar-refractivity contribution in [3.05, 3.63) is 65.2 Å². The molecule has 6 heteroatoms. The minimum atomic E-state index is -0.640. The van der Waals surface area contributed by atoms with Gasteiger partial charge in [0.15, 0.2) is 0 Å². The number of hydrogen-bond donors (Lipinski definition) is 0. The quantitative estimate of drug-likeness (QED) is 0.583. The molecule has 0 aromatic heterocycles. The zero-order chi connectivity index (χ0) is 22.0. The van der Waals surface area contributed by atoms with E-state index in [1.807, 2.05) is 48.5 Å². The summed E-state index contributed by atoms with van der Waals surface area (Å²) in [7, 11) is 3.31. The van der Waals surface area contributed by atoms with E-state index in [9.17, 15) is 4.79 Å². The van der Waals surface area contributed by atoms with Crippen LogP contribution in [0, 0.1) is 5.92 Å². The predicted molar refractivity (Wildman–Crippen MR) is 124 cm³/mol. The molecule has 1 aliphatic heterocycles. The fourth-order valence-electron chi connectivity index (χ4n) is 4.40. The van der Waals surface area contributed by atoms with Gasteiger partial charge in [0.05, 0.1) is 26.0 Å². The van der Waals surface area contributed by atoms with E-state index in [0.717, 1.165) is 47.6 Å². The number of carbonyl (C=O) groups excluding carboxylic acids is 1. The van der Waals surface area contributed by atoms with Crippen molar-refractivity contribution >= 4 is 29.3 Å². The van der Waals surface area contributed by atoms with Crippen LogP contribution in [0.4, 0.5) is 0 Å². The number of hydrogen-bond acceptors (Lipinski definition) is 4. The first-order valence-electron chi connectivity index (χ1n) is 10.6. The molecule has 162 valence electrons. The Kier molecular flexibility index (Phi) is 6.33. The number of amides is 1. The molecule has 1 fully saturated rings. The van der Waals surface area contributed by atoms with Gasteiger partial charge in [-0.2, -0.15) is 5.10 Å². The third-order valence-electron chi connectivity index (χ3n) is 5.98. The third kappa shape index (κ3) is 4.33. The summed E-state index contributed by atoms with van der Waals surface area (Å²) in [5, 5.41) is 5.80. The average Bonchev–Trinajstić information content (AvgIpc) is 3.19. The highest BCUT2D eigenvalue weighted by atomic mass is 35.5. The molecule has 0 spiro atoms. The maximum atomic E-state index is 13.0. The van der Waals surface area contributed by atoms with Crippen LogP contribution in [0.15, 0.2) is 59.2 Å². The number of nitrogens with zero attached hydrogens (tertiary/aromatic N) is 2. The Morgan fingerprint density at radius 3 is 2.29 bits per heavy atom. The molecule has 1 aliphatic carbocycles. The van der Waals surface area contributed by atoms with Crippen LogP contribution in [0.3, 0.4) is 0 Å². The number of methoxy groups -OCH3 is 2. The molecule has 0 radical (unpaired) electrons. The first-order valence-corrected chi connectivity index (χ1v) is 11.0. The largest absolute Gasteiger partial charge is 0.497 e. The topological polar surface area (TPSA) is 51.1 Å². The highest BCUT2D eigenvalue weighted by molar-refractivity contribution is 6.30. The summed E-state index contributed by atoms with van der Waals surface area (Å²) < 4.78 is 10.6. The van der Waals surface area contributed by atoms with E-state index in [2.05, 4.69) is 6.08 Å². The number of alkyl halides is 1. The van der Waals surface area contributed by atoms with E-state index in [4.69, 9.17) is 26.2 Å². The second-order valence-corrected chi connectivity index (χ2v) is 8.60. The number of benzene rings is 2. The van der Waals surface area contributed by atoms with Gasteiger partial charge in [0.2, 0.25) is 0 Å². The summed E-state index contributed by atoms with van der Waals surface area (Å²) in [6.45, 7) is 1.70. The van der Waals surface area contributed by atoms with E-state index in [1.54, 1.807) is 26.2 Å². The van der Waals surface area contributed by atoms with Crippen molar-refractivity contribution in [3.8, 4) is 11.5 Å². The number of fused-ring (bicyclic) bond motifs is 1. The molecule has 1 heterocycles. The van der Waals surface area contributed by atoms with Crippen LogP contribution < -0.4 is 9.47 Å². The number of rotatable bonds is 5. The lowest BCUT2D eigenvalue weighted by Crippen LogP contribution is -2.35. The molecule has 0 unspecified atom stereocenters. The van der Waals surface area contributed by atoms with Gasteiger partial charge in [0, 0.05) is 5.92 Å². The summed E-state index contributed by atoms with van der Waals surface area (Å²) in [5.41, 5.74) is 4.31. The monoisotopic (exact) mass is 438 g/mol. The van der Waals surface area contributed by atoms with Crippen LogP contribution in [0.25, 0.3) is 6.08 Å². The highest BCUT2D eigenvalue weighted by Crippen LogP contribution is 2.45. The smallest absolute Gasteiger partial charge is 0.261 e. The second kappa shape index (κ2) is 9.15. The summed E-state index contributed by atoms with van der Waals surface area (Å²) in [4.78, 5) is 13.0. The molecule has 2 aromatic rings. The maximum Gasteiger partial charge on any atom is 0.261 e. The normalized spacial score (nSPS) is 22.6. The molecule has 0 bridgehead atoms. The second-order valence-electron chi connectivity index (χ2n) is 7.94. The van der Waals surface area contributed by atoms with Gasteiger partial charge in [-0.25, -0.2) is 5.01 Å². The molecule has 1 amide bonds. The Bertz CT molecular complexity index is 996. The molecule has 0 N–H and O–H groups in total. The highest BCUT2D eigenvalue weighted by Gasteiger charge is 2.44. The Morgan fingerprint density at radius 2 is 1.71 bits per heavy atom. The number of carbonyl (C=O) groups is 1. The van der Waals surface area contributed by atoms with Gasteiger partial charge in [-0.1, -0.05) is 24.3 Å². The predicted octanol–water partition coefficient (Wildman–Crippen LogP) is 5.45. The molecule has 2 aliphatic rings. The van der Waals surface area contributed by atoms with Crippen molar-refractivity contribution < 1.29 is 14.3 Å². The first kappa shape index (κ1) is 21.4. The van der Waals surface area contributed by atoms with Gasteiger partial charge in [-0.3, -0.25) is 4.79 Å². The van der Waals surface area contributed by atoms with Crippen LogP contribution >= 0.6 is 11.6 Å². The Hall–Kier alpha value is -2.79. The van der Waals surface area contributed by atoms with Gasteiger partial charge in [0.1, 0.15) is 16.9 Å². The van der Waals surface area contributed by atoms with E-state index in [-0.39, 0.29) is 17.9 Å². The van der Waals surface area contributed by atoms with Gasteiger partial charge in [-0.05, 0) is 73.2 Å². The zero-order valence-corrected chi connectivity index (χ0v) is 18.8. The number of ether oxygens (including phenoxy) is 2. The standard InChI is InChI=1S/C25H27ClN2O3/c1-16(26)25(29)28-24(18-9-13-21(31-3)14-10-18)22-6-4-5-19(23(22)27-28)15-17-7-11-20(30-2)12-8-17/h7-16,22,24H,4-6H2,1-3H3/t16-,22+,24+/m0/s1. The van der Waals surface area contributed by atoms with E-state index >= 15 is 0 Å². The third-order valence-corrected chi connectivity index (χ3v) is 6.17. The Morgan fingerprint density at radius 1 is 1.10 bits per heavy atom. The maximum absolute atomic E-state index is 13.0. The van der Waals surface area contributed by atoms with Gasteiger partial charge in [-0.15, -0.1) is 11.6 Å². The van der Waals surface area contributed by atoms with Crippen molar-refractivity contribution in [2.45, 2.75) is 37.6 Å². The van der Waals surface area contributed by atoms with Crippen LogP contribution in [-0.4, -0.2) is 36.2 Å². The van der Waals surface area contributed by atoms with Gasteiger partial charge in [0.25, 0.3) is 5.91 Å². The number of halogens is 1. The van der Waals surface area contributed by atoms with Crippen molar-refractivity contribution in [2.24, 2.45) is 11.0 Å². The zero-order valence-electron chi connectivity index (χ0n) is 18.0. The Balaban J connectivity index is 1.71. The molecule has 4 rings (SSSR count). The first-order chi connectivity index (χ1) is 15.0. The molecular formula is C25H27ClN2O3. The van der Waals surface area contributed by atoms with Gasteiger partial charge >= 0.3 is 0 Å². The SMILES string of the molecule is COc1ccc(C=C2CCC[C@@H]3C2=NN(C(=O)[C@H](C)Cl)[C@@H]3c2ccc(OC)cc2)cc1. The van der Waals surface area contributed by atoms with Crippen molar-refractivity contribution in [2.75, 3.05) is 14.2 Å². The molecule has 5 nitrogen and oxygen atoms in total. The fourth-order valence-corrected chi connectivity index (χ4v) is 4.50. The van der Waals surface area contributed by atoms with Crippen molar-refractivity contribution in [3.63, 3.8) is 0 Å². The lowest BCUT2D eigenvalue weighted by Gasteiger charge is -2.30. The number of hydrazone groups is 1. The van der Waals surface area contributed by atoms with E-state index in [0.29, 0.717) is 0 Å². The summed E-state index contributed by atoms with van der Waals surface area (Å²) in [6.07, 6.45) is 5.15.